The van der Waals surface area contributed by atoms with Crippen molar-refractivity contribution >= 4 is 5.69 Å². The molecule has 0 saturated carbocycles. The molecule has 15 heavy (non-hydrogen) atoms. The van der Waals surface area contributed by atoms with Crippen LogP contribution < -0.4 is 11.1 Å². The lowest BCUT2D eigenvalue weighted by Gasteiger charge is -2.16. The molecule has 1 aromatic rings. The van der Waals surface area contributed by atoms with Crippen LogP contribution >= 0.6 is 0 Å². The van der Waals surface area contributed by atoms with Gasteiger partial charge in [0.1, 0.15) is 0 Å². The number of anilines is 1. The predicted octanol–water partition coefficient (Wildman–Crippen LogP) is 2.18. The quantitative estimate of drug-likeness (QED) is 0.685. The Morgan fingerprint density at radius 3 is 2.93 bits per heavy atom. The summed E-state index contributed by atoms with van der Waals surface area (Å²) in [5.74, 6) is 0. The number of nitrogens with one attached hydrogen (secondary N) is 1. The molecule has 80 valence electrons. The molecule has 1 aliphatic carbocycles. The molecule has 2 heteroatoms. The highest BCUT2D eigenvalue weighted by Crippen LogP contribution is 2.35. The van der Waals surface area contributed by atoms with Crippen molar-refractivity contribution in [1.82, 2.24) is 5.32 Å². The largest absolute Gasteiger partial charge is 0.398 e. The van der Waals surface area contributed by atoms with E-state index in [2.05, 4.69) is 17.4 Å². The Labute approximate surface area is 90.9 Å². The molecular weight excluding hydrogens is 184 g/mol. The molecular formula is C13H18N2. The maximum atomic E-state index is 6.27. The summed E-state index contributed by atoms with van der Waals surface area (Å²) in [6.07, 6.45) is 6.20. The minimum atomic E-state index is 0.510. The van der Waals surface area contributed by atoms with Gasteiger partial charge in [0.25, 0.3) is 0 Å². The van der Waals surface area contributed by atoms with E-state index in [1.165, 1.54) is 48.8 Å². The molecule has 0 amide bonds. The Morgan fingerprint density at radius 1 is 1.20 bits per heavy atom. The maximum Gasteiger partial charge on any atom is 0.0397 e. The minimum Gasteiger partial charge on any atom is -0.398 e. The Bertz CT molecular complexity index is 378. The van der Waals surface area contributed by atoms with Crippen LogP contribution in [0.5, 0.6) is 0 Å². The van der Waals surface area contributed by atoms with E-state index >= 15 is 0 Å². The van der Waals surface area contributed by atoms with Crippen LogP contribution in [0.2, 0.25) is 0 Å². The molecule has 3 rings (SSSR count). The van der Waals surface area contributed by atoms with Gasteiger partial charge in [-0.3, -0.25) is 0 Å². The lowest BCUT2D eigenvalue weighted by Crippen LogP contribution is -2.15. The van der Waals surface area contributed by atoms with Crippen molar-refractivity contribution in [3.05, 3.63) is 28.8 Å². The predicted molar refractivity (Wildman–Crippen MR) is 62.9 cm³/mol. The van der Waals surface area contributed by atoms with Gasteiger partial charge in [-0.05, 0) is 55.3 Å². The normalized spacial score (nSPS) is 24.4. The first kappa shape index (κ1) is 9.22. The minimum absolute atomic E-state index is 0.510. The molecule has 0 bridgehead atoms. The standard InChI is InChI=1S/C13H18N2/c14-13-10-4-1-3-9(10)6-7-11(13)12-5-2-8-15-12/h6-7,12,15H,1-5,8,14H2/t12-/m0/s1. The van der Waals surface area contributed by atoms with Crippen LogP contribution in [0.3, 0.4) is 0 Å². The first-order valence-corrected chi connectivity index (χ1v) is 6.00. The van der Waals surface area contributed by atoms with E-state index < -0.39 is 0 Å². The summed E-state index contributed by atoms with van der Waals surface area (Å²) in [5.41, 5.74) is 11.6. The number of nitrogen functional groups attached to an aromatic ring is 1. The molecule has 1 aliphatic heterocycles. The van der Waals surface area contributed by atoms with Crippen molar-refractivity contribution in [2.45, 2.75) is 38.1 Å². The number of hydrogen-bond donors (Lipinski definition) is 2. The van der Waals surface area contributed by atoms with Crippen LogP contribution in [0.1, 0.15) is 42.0 Å². The van der Waals surface area contributed by atoms with Crippen LogP contribution in [-0.2, 0) is 12.8 Å². The van der Waals surface area contributed by atoms with Crippen molar-refractivity contribution in [2.24, 2.45) is 0 Å². The number of aryl methyl sites for hydroxylation is 1. The van der Waals surface area contributed by atoms with Gasteiger partial charge in [0.15, 0.2) is 0 Å². The van der Waals surface area contributed by atoms with Gasteiger partial charge < -0.3 is 11.1 Å². The average Bonchev–Trinajstić information content (AvgIpc) is 2.87. The van der Waals surface area contributed by atoms with Crippen LogP contribution in [0.4, 0.5) is 5.69 Å². The van der Waals surface area contributed by atoms with Crippen molar-refractivity contribution in [2.75, 3.05) is 12.3 Å². The third-order valence-electron chi connectivity index (χ3n) is 3.80. The topological polar surface area (TPSA) is 38.0 Å². The first-order valence-electron chi connectivity index (χ1n) is 6.00. The van der Waals surface area contributed by atoms with E-state index in [9.17, 15) is 0 Å². The van der Waals surface area contributed by atoms with Crippen molar-refractivity contribution < 1.29 is 0 Å². The Balaban J connectivity index is 2.01. The van der Waals surface area contributed by atoms with E-state index in [1.54, 1.807) is 0 Å². The highest BCUT2D eigenvalue weighted by atomic mass is 14.9. The first-order chi connectivity index (χ1) is 7.36. The summed E-state index contributed by atoms with van der Waals surface area (Å²) in [6.45, 7) is 1.14. The van der Waals surface area contributed by atoms with Gasteiger partial charge in [-0.1, -0.05) is 12.1 Å². The van der Waals surface area contributed by atoms with Crippen LogP contribution in [-0.4, -0.2) is 6.54 Å². The lowest BCUT2D eigenvalue weighted by atomic mass is 9.97. The second kappa shape index (κ2) is 3.53. The highest BCUT2D eigenvalue weighted by molar-refractivity contribution is 5.59. The summed E-state index contributed by atoms with van der Waals surface area (Å²) in [7, 11) is 0. The van der Waals surface area contributed by atoms with E-state index in [4.69, 9.17) is 5.73 Å². The van der Waals surface area contributed by atoms with Crippen LogP contribution in [0, 0.1) is 0 Å². The van der Waals surface area contributed by atoms with Gasteiger partial charge >= 0.3 is 0 Å². The molecule has 1 saturated heterocycles. The number of rotatable bonds is 1. The molecule has 0 aromatic heterocycles. The van der Waals surface area contributed by atoms with Gasteiger partial charge in [-0.15, -0.1) is 0 Å². The fourth-order valence-electron chi connectivity index (χ4n) is 2.97. The third-order valence-corrected chi connectivity index (χ3v) is 3.80. The van der Waals surface area contributed by atoms with Gasteiger partial charge in [0.05, 0.1) is 0 Å². The molecule has 3 N–H and O–H groups in total. The molecule has 1 atom stereocenters. The van der Waals surface area contributed by atoms with E-state index in [-0.39, 0.29) is 0 Å². The van der Waals surface area contributed by atoms with Gasteiger partial charge in [0.2, 0.25) is 0 Å². The zero-order valence-corrected chi connectivity index (χ0v) is 9.05. The molecule has 0 unspecified atom stereocenters. The summed E-state index contributed by atoms with van der Waals surface area (Å²) < 4.78 is 0. The SMILES string of the molecule is Nc1c([C@@H]2CCCN2)ccc2c1CCC2. The molecule has 2 nitrogen and oxygen atoms in total. The number of fused-ring (bicyclic) bond motifs is 1. The van der Waals surface area contributed by atoms with Crippen molar-refractivity contribution in [3.63, 3.8) is 0 Å². The number of benzene rings is 1. The Hall–Kier alpha value is -1.02. The van der Waals surface area contributed by atoms with E-state index in [0.29, 0.717) is 6.04 Å². The fourth-order valence-corrected chi connectivity index (χ4v) is 2.97. The van der Waals surface area contributed by atoms with E-state index in [1.807, 2.05) is 0 Å². The Morgan fingerprint density at radius 2 is 2.13 bits per heavy atom. The molecule has 2 aliphatic rings. The number of nitrogens with two attached hydrogens (primary N) is 1. The fraction of sp³-hybridized carbons (Fsp3) is 0.538. The van der Waals surface area contributed by atoms with Crippen molar-refractivity contribution in [1.29, 1.82) is 0 Å². The monoisotopic (exact) mass is 202 g/mol. The zero-order chi connectivity index (χ0) is 10.3. The maximum absolute atomic E-state index is 6.27. The second-order valence-corrected chi connectivity index (χ2v) is 4.71. The van der Waals surface area contributed by atoms with Crippen LogP contribution in [0.15, 0.2) is 12.1 Å². The molecule has 0 radical (unpaired) electrons. The zero-order valence-electron chi connectivity index (χ0n) is 9.05. The van der Waals surface area contributed by atoms with Crippen LogP contribution in [0.25, 0.3) is 0 Å². The van der Waals surface area contributed by atoms with Gasteiger partial charge in [0, 0.05) is 11.7 Å². The molecule has 1 heterocycles. The highest BCUT2D eigenvalue weighted by Gasteiger charge is 2.22. The number of hydrogen-bond acceptors (Lipinski definition) is 2. The smallest absolute Gasteiger partial charge is 0.0397 e. The van der Waals surface area contributed by atoms with Gasteiger partial charge in [-0.2, -0.15) is 0 Å². The summed E-state index contributed by atoms with van der Waals surface area (Å²) in [4.78, 5) is 0. The molecule has 1 aromatic carbocycles. The lowest BCUT2D eigenvalue weighted by molar-refractivity contribution is 0.649. The van der Waals surface area contributed by atoms with Gasteiger partial charge in [-0.25, -0.2) is 0 Å². The third kappa shape index (κ3) is 1.44. The average molecular weight is 202 g/mol. The summed E-state index contributed by atoms with van der Waals surface area (Å²) >= 11 is 0. The van der Waals surface area contributed by atoms with E-state index in [0.717, 1.165) is 12.2 Å². The Kier molecular flexibility index (Phi) is 2.17. The van der Waals surface area contributed by atoms with Crippen molar-refractivity contribution in [3.8, 4) is 0 Å². The summed E-state index contributed by atoms with van der Waals surface area (Å²) in [5, 5.41) is 3.52. The summed E-state index contributed by atoms with van der Waals surface area (Å²) in [6, 6.07) is 5.03. The molecule has 1 fully saturated rings. The molecule has 0 spiro atoms. The second-order valence-electron chi connectivity index (χ2n) is 4.71.